The summed E-state index contributed by atoms with van der Waals surface area (Å²) in [5.74, 6) is -0.190. The number of carboxylic acid groups (broad SMARTS) is 1. The Bertz CT molecular complexity index is 817. The van der Waals surface area contributed by atoms with E-state index in [1.54, 1.807) is 10.8 Å². The molecule has 0 aliphatic heterocycles. The van der Waals surface area contributed by atoms with Crippen LogP contribution in [0.1, 0.15) is 25.1 Å². The van der Waals surface area contributed by atoms with E-state index in [9.17, 15) is 4.79 Å². The summed E-state index contributed by atoms with van der Waals surface area (Å²) >= 11 is 12.3. The molecule has 0 bridgehead atoms. The van der Waals surface area contributed by atoms with Crippen molar-refractivity contribution >= 4 is 35.2 Å². The predicted molar refractivity (Wildman–Crippen MR) is 97.0 cm³/mol. The van der Waals surface area contributed by atoms with Crippen molar-refractivity contribution in [2.24, 2.45) is 0 Å². The number of benzene rings is 1. The predicted octanol–water partition coefficient (Wildman–Crippen LogP) is 4.81. The van der Waals surface area contributed by atoms with Crippen LogP contribution < -0.4 is 9.47 Å². The zero-order valence-electron chi connectivity index (χ0n) is 14.0. The Labute approximate surface area is 155 Å². The van der Waals surface area contributed by atoms with E-state index in [0.717, 1.165) is 11.3 Å². The fourth-order valence-electron chi connectivity index (χ4n) is 2.16. The molecule has 0 spiro atoms. The second kappa shape index (κ2) is 7.80. The number of carboxylic acids is 1. The highest BCUT2D eigenvalue weighted by molar-refractivity contribution is 6.36. The van der Waals surface area contributed by atoms with E-state index in [2.05, 4.69) is 11.7 Å². The van der Waals surface area contributed by atoms with E-state index in [4.69, 9.17) is 37.8 Å². The summed E-state index contributed by atoms with van der Waals surface area (Å²) < 4.78 is 12.9. The highest BCUT2D eigenvalue weighted by Crippen LogP contribution is 2.39. The second-order valence-electron chi connectivity index (χ2n) is 5.24. The fourth-order valence-corrected chi connectivity index (χ4v) is 2.62. The highest BCUT2D eigenvalue weighted by Gasteiger charge is 2.20. The average molecular weight is 385 g/mol. The molecular formula is C17H18Cl2N2O4. The Morgan fingerprint density at radius 3 is 2.60 bits per heavy atom. The van der Waals surface area contributed by atoms with Crippen LogP contribution in [0.5, 0.6) is 17.4 Å². The molecule has 6 nitrogen and oxygen atoms in total. The molecular weight excluding hydrogens is 367 g/mol. The van der Waals surface area contributed by atoms with Crippen molar-refractivity contribution in [2.45, 2.75) is 33.4 Å². The molecule has 0 fully saturated rings. The van der Waals surface area contributed by atoms with Gasteiger partial charge < -0.3 is 14.6 Å². The van der Waals surface area contributed by atoms with E-state index in [1.807, 2.05) is 13.8 Å². The van der Waals surface area contributed by atoms with Crippen molar-refractivity contribution in [1.82, 2.24) is 9.78 Å². The van der Waals surface area contributed by atoms with Gasteiger partial charge in [0, 0.05) is 12.6 Å². The summed E-state index contributed by atoms with van der Waals surface area (Å²) in [6.07, 6.45) is 0.580. The van der Waals surface area contributed by atoms with Gasteiger partial charge in [0.15, 0.2) is 11.9 Å². The molecule has 1 aromatic heterocycles. The molecule has 25 heavy (non-hydrogen) atoms. The molecule has 2 aromatic rings. The van der Waals surface area contributed by atoms with Crippen molar-refractivity contribution in [3.05, 3.63) is 40.0 Å². The largest absolute Gasteiger partial charge is 0.479 e. The standard InChI is InChI=1S/C17H18Cl2N2O4/c1-5-11-9(3)20-21(6-2)16(11)25-15-8-14(12(18)7-13(15)19)24-10(4)17(22)23/h5,7-8,10H,1,6H2,2-4H3,(H,22,23)/t10-/m0/s1. The van der Waals surface area contributed by atoms with Crippen molar-refractivity contribution in [1.29, 1.82) is 0 Å². The Balaban J connectivity index is 2.44. The molecule has 0 aliphatic carbocycles. The van der Waals surface area contributed by atoms with Crippen molar-refractivity contribution in [2.75, 3.05) is 0 Å². The van der Waals surface area contributed by atoms with Crippen LogP contribution in [0.15, 0.2) is 18.7 Å². The highest BCUT2D eigenvalue weighted by atomic mass is 35.5. The number of ether oxygens (including phenoxy) is 2. The quantitative estimate of drug-likeness (QED) is 0.741. The molecule has 1 aromatic carbocycles. The molecule has 8 heteroatoms. The first-order valence-corrected chi connectivity index (χ1v) is 8.30. The SMILES string of the molecule is C=Cc1c(C)nn(CC)c1Oc1cc(O[C@@H](C)C(=O)O)c(Cl)cc1Cl. The number of carbonyl (C=O) groups is 1. The molecule has 0 aliphatic rings. The molecule has 1 N–H and O–H groups in total. The lowest BCUT2D eigenvalue weighted by molar-refractivity contribution is -0.144. The van der Waals surface area contributed by atoms with Crippen molar-refractivity contribution < 1.29 is 19.4 Å². The van der Waals surface area contributed by atoms with Gasteiger partial charge in [-0.05, 0) is 26.8 Å². The molecule has 2 rings (SSSR count). The second-order valence-corrected chi connectivity index (χ2v) is 6.05. The molecule has 0 unspecified atom stereocenters. The first kappa shape index (κ1) is 19.1. The summed E-state index contributed by atoms with van der Waals surface area (Å²) in [6.45, 7) is 9.55. The fraction of sp³-hybridized carbons (Fsp3) is 0.294. The monoisotopic (exact) mass is 384 g/mol. The van der Waals surface area contributed by atoms with Crippen LogP contribution in [-0.2, 0) is 11.3 Å². The number of aliphatic carboxylic acids is 1. The summed E-state index contributed by atoms with van der Waals surface area (Å²) in [5, 5.41) is 13.8. The molecule has 1 heterocycles. The Morgan fingerprint density at radius 1 is 1.40 bits per heavy atom. The number of aryl methyl sites for hydroxylation is 2. The lowest BCUT2D eigenvalue weighted by Crippen LogP contribution is -2.23. The zero-order valence-corrected chi connectivity index (χ0v) is 15.6. The van der Waals surface area contributed by atoms with Gasteiger partial charge >= 0.3 is 5.97 Å². The van der Waals surface area contributed by atoms with Gasteiger partial charge in [0.05, 0.1) is 21.3 Å². The van der Waals surface area contributed by atoms with Gasteiger partial charge in [-0.1, -0.05) is 35.9 Å². The van der Waals surface area contributed by atoms with Gasteiger partial charge in [-0.25, -0.2) is 9.48 Å². The Kier molecular flexibility index (Phi) is 5.98. The molecule has 0 saturated carbocycles. The third kappa shape index (κ3) is 4.08. The minimum Gasteiger partial charge on any atom is -0.479 e. The number of aromatic nitrogens is 2. The normalized spacial score (nSPS) is 11.9. The van der Waals surface area contributed by atoms with E-state index in [1.165, 1.54) is 19.1 Å². The lowest BCUT2D eigenvalue weighted by atomic mass is 10.2. The van der Waals surface area contributed by atoms with Gasteiger partial charge in [-0.15, -0.1) is 0 Å². The molecule has 0 amide bonds. The maximum absolute atomic E-state index is 11.0. The number of halogens is 2. The lowest BCUT2D eigenvalue weighted by Gasteiger charge is -2.15. The summed E-state index contributed by atoms with van der Waals surface area (Å²) in [5.41, 5.74) is 1.52. The van der Waals surface area contributed by atoms with Crippen LogP contribution in [0.3, 0.4) is 0 Å². The van der Waals surface area contributed by atoms with E-state index < -0.39 is 12.1 Å². The molecule has 1 atom stereocenters. The minimum absolute atomic E-state index is 0.162. The van der Waals surface area contributed by atoms with Gasteiger partial charge in [0.2, 0.25) is 5.88 Å². The van der Waals surface area contributed by atoms with Crippen LogP contribution in [0.2, 0.25) is 10.0 Å². The van der Waals surface area contributed by atoms with Gasteiger partial charge in [-0.2, -0.15) is 5.10 Å². The smallest absolute Gasteiger partial charge is 0.344 e. The maximum atomic E-state index is 11.0. The Morgan fingerprint density at radius 2 is 2.04 bits per heavy atom. The third-order valence-corrected chi connectivity index (χ3v) is 4.06. The Hall–Kier alpha value is -2.18. The maximum Gasteiger partial charge on any atom is 0.344 e. The van der Waals surface area contributed by atoms with Crippen molar-refractivity contribution in [3.63, 3.8) is 0 Å². The number of nitrogens with zero attached hydrogens (tertiary/aromatic N) is 2. The first-order valence-electron chi connectivity index (χ1n) is 7.54. The molecule has 134 valence electrons. The van der Waals surface area contributed by atoms with E-state index >= 15 is 0 Å². The van der Waals surface area contributed by atoms with Crippen LogP contribution in [0, 0.1) is 6.92 Å². The molecule has 0 saturated heterocycles. The van der Waals surface area contributed by atoms with E-state index in [-0.39, 0.29) is 21.5 Å². The topological polar surface area (TPSA) is 73.6 Å². The first-order chi connectivity index (χ1) is 11.8. The average Bonchev–Trinajstić information content (AvgIpc) is 2.86. The van der Waals surface area contributed by atoms with Crippen molar-refractivity contribution in [3.8, 4) is 17.4 Å². The van der Waals surface area contributed by atoms with Crippen LogP contribution >= 0.6 is 23.2 Å². The van der Waals surface area contributed by atoms with Gasteiger partial charge in [-0.3, -0.25) is 0 Å². The van der Waals surface area contributed by atoms with Gasteiger partial charge in [0.1, 0.15) is 5.75 Å². The number of hydrogen-bond donors (Lipinski definition) is 1. The summed E-state index contributed by atoms with van der Waals surface area (Å²) in [7, 11) is 0. The van der Waals surface area contributed by atoms with Crippen LogP contribution in [0.4, 0.5) is 0 Å². The zero-order chi connectivity index (χ0) is 18.7. The van der Waals surface area contributed by atoms with Crippen LogP contribution in [0.25, 0.3) is 6.08 Å². The minimum atomic E-state index is -1.11. The van der Waals surface area contributed by atoms with Gasteiger partial charge in [0.25, 0.3) is 0 Å². The third-order valence-electron chi connectivity index (χ3n) is 3.47. The van der Waals surface area contributed by atoms with Crippen LogP contribution in [-0.4, -0.2) is 27.0 Å². The number of rotatable bonds is 7. The molecule has 0 radical (unpaired) electrons. The number of hydrogen-bond acceptors (Lipinski definition) is 4. The summed E-state index contributed by atoms with van der Waals surface area (Å²) in [6, 6.07) is 2.90. The summed E-state index contributed by atoms with van der Waals surface area (Å²) in [4.78, 5) is 11.0. The van der Waals surface area contributed by atoms with E-state index in [0.29, 0.717) is 12.4 Å².